The van der Waals surface area contributed by atoms with Crippen LogP contribution in [-0.4, -0.2) is 58.0 Å². The van der Waals surface area contributed by atoms with E-state index >= 15 is 0 Å². The average molecular weight is 341 g/mol. The molecule has 0 radical (unpaired) electrons. The molecular formula is C19H27N5O. The van der Waals surface area contributed by atoms with Gasteiger partial charge in [0.2, 0.25) is 5.91 Å². The van der Waals surface area contributed by atoms with Crippen molar-refractivity contribution in [2.45, 2.75) is 26.6 Å². The van der Waals surface area contributed by atoms with Gasteiger partial charge in [-0.1, -0.05) is 30.3 Å². The number of amides is 1. The van der Waals surface area contributed by atoms with Crippen LogP contribution in [-0.2, 0) is 24.4 Å². The molecule has 1 aliphatic heterocycles. The first-order chi connectivity index (χ1) is 12.2. The number of aromatic nitrogens is 2. The maximum absolute atomic E-state index is 12.1. The smallest absolute Gasteiger partial charge is 0.234 e. The molecule has 1 aromatic heterocycles. The highest BCUT2D eigenvalue weighted by Gasteiger charge is 2.20. The van der Waals surface area contributed by atoms with Gasteiger partial charge in [0.25, 0.3) is 0 Å². The Hall–Kier alpha value is -2.18. The van der Waals surface area contributed by atoms with E-state index in [1.54, 1.807) is 0 Å². The molecule has 6 nitrogen and oxygen atoms in total. The lowest BCUT2D eigenvalue weighted by atomic mass is 10.2. The molecule has 1 aliphatic rings. The Morgan fingerprint density at radius 1 is 1.12 bits per heavy atom. The second-order valence-electron chi connectivity index (χ2n) is 6.44. The van der Waals surface area contributed by atoms with Crippen molar-refractivity contribution in [1.82, 2.24) is 24.7 Å². The predicted molar refractivity (Wildman–Crippen MR) is 97.9 cm³/mol. The highest BCUT2D eigenvalue weighted by Crippen LogP contribution is 2.07. The molecule has 3 rings (SSSR count). The molecule has 0 spiro atoms. The minimum atomic E-state index is 0.0961. The Labute approximate surface area is 149 Å². The van der Waals surface area contributed by atoms with E-state index in [1.807, 2.05) is 42.7 Å². The molecule has 6 heteroatoms. The van der Waals surface area contributed by atoms with Crippen LogP contribution >= 0.6 is 0 Å². The third-order valence-corrected chi connectivity index (χ3v) is 4.67. The SMILES string of the molecule is CCn1ccnc1CN1CCN(CC(=O)NCc2ccccc2)CC1. The number of piperazine rings is 1. The summed E-state index contributed by atoms with van der Waals surface area (Å²) in [6.07, 6.45) is 3.90. The van der Waals surface area contributed by atoms with Crippen LogP contribution in [0.25, 0.3) is 0 Å². The monoisotopic (exact) mass is 341 g/mol. The molecular weight excluding hydrogens is 314 g/mol. The van der Waals surface area contributed by atoms with Crippen molar-refractivity contribution >= 4 is 5.91 Å². The molecule has 1 fully saturated rings. The molecule has 0 saturated carbocycles. The van der Waals surface area contributed by atoms with Crippen LogP contribution in [0, 0.1) is 0 Å². The molecule has 1 aromatic carbocycles. The first-order valence-corrected chi connectivity index (χ1v) is 9.00. The number of benzene rings is 1. The number of carbonyl (C=O) groups excluding carboxylic acids is 1. The lowest BCUT2D eigenvalue weighted by Crippen LogP contribution is -2.49. The van der Waals surface area contributed by atoms with E-state index in [2.05, 4.69) is 31.6 Å². The van der Waals surface area contributed by atoms with Crippen LogP contribution in [0.3, 0.4) is 0 Å². The van der Waals surface area contributed by atoms with Crippen LogP contribution in [0.4, 0.5) is 0 Å². The maximum Gasteiger partial charge on any atom is 0.234 e. The maximum atomic E-state index is 12.1. The summed E-state index contributed by atoms with van der Waals surface area (Å²) in [6.45, 7) is 8.84. The first kappa shape index (κ1) is 17.6. The predicted octanol–water partition coefficient (Wildman–Crippen LogP) is 1.34. The fourth-order valence-electron chi connectivity index (χ4n) is 3.14. The van der Waals surface area contributed by atoms with Crippen molar-refractivity contribution in [3.05, 3.63) is 54.1 Å². The van der Waals surface area contributed by atoms with E-state index < -0.39 is 0 Å². The highest BCUT2D eigenvalue weighted by atomic mass is 16.2. The van der Waals surface area contributed by atoms with E-state index in [1.165, 1.54) is 0 Å². The van der Waals surface area contributed by atoms with Gasteiger partial charge < -0.3 is 9.88 Å². The summed E-state index contributed by atoms with van der Waals surface area (Å²) in [7, 11) is 0. The third-order valence-electron chi connectivity index (χ3n) is 4.67. The largest absolute Gasteiger partial charge is 0.351 e. The fraction of sp³-hybridized carbons (Fsp3) is 0.474. The summed E-state index contributed by atoms with van der Waals surface area (Å²) >= 11 is 0. The van der Waals surface area contributed by atoms with Crippen molar-refractivity contribution in [3.8, 4) is 0 Å². The van der Waals surface area contributed by atoms with Gasteiger partial charge >= 0.3 is 0 Å². The van der Waals surface area contributed by atoms with E-state index in [0.29, 0.717) is 13.1 Å². The summed E-state index contributed by atoms with van der Waals surface area (Å²) < 4.78 is 2.18. The van der Waals surface area contributed by atoms with Crippen LogP contribution in [0.1, 0.15) is 18.3 Å². The minimum Gasteiger partial charge on any atom is -0.351 e. The molecule has 0 atom stereocenters. The zero-order valence-electron chi connectivity index (χ0n) is 14.9. The Balaban J connectivity index is 1.38. The van der Waals surface area contributed by atoms with Crippen LogP contribution < -0.4 is 5.32 Å². The molecule has 0 unspecified atom stereocenters. The van der Waals surface area contributed by atoms with E-state index in [9.17, 15) is 4.79 Å². The van der Waals surface area contributed by atoms with Gasteiger partial charge in [0.05, 0.1) is 13.1 Å². The van der Waals surface area contributed by atoms with E-state index in [-0.39, 0.29) is 5.91 Å². The Morgan fingerprint density at radius 2 is 1.84 bits per heavy atom. The van der Waals surface area contributed by atoms with E-state index in [4.69, 9.17) is 0 Å². The van der Waals surface area contributed by atoms with Gasteiger partial charge in [0.15, 0.2) is 0 Å². The molecule has 2 heterocycles. The van der Waals surface area contributed by atoms with Crippen LogP contribution in [0.5, 0.6) is 0 Å². The quantitative estimate of drug-likeness (QED) is 0.826. The second kappa shape index (κ2) is 8.78. The average Bonchev–Trinajstić information content (AvgIpc) is 3.10. The third kappa shape index (κ3) is 5.14. The zero-order chi connectivity index (χ0) is 17.5. The zero-order valence-corrected chi connectivity index (χ0v) is 14.9. The van der Waals surface area contributed by atoms with Gasteiger partial charge in [-0.15, -0.1) is 0 Å². The summed E-state index contributed by atoms with van der Waals surface area (Å²) in [4.78, 5) is 21.2. The summed E-state index contributed by atoms with van der Waals surface area (Å²) in [5.74, 6) is 1.22. The molecule has 2 aromatic rings. The fourth-order valence-corrected chi connectivity index (χ4v) is 3.14. The summed E-state index contributed by atoms with van der Waals surface area (Å²) in [5, 5.41) is 3.00. The van der Waals surface area contributed by atoms with Gasteiger partial charge in [-0.2, -0.15) is 0 Å². The molecule has 25 heavy (non-hydrogen) atoms. The van der Waals surface area contributed by atoms with Crippen LogP contribution in [0.15, 0.2) is 42.7 Å². The summed E-state index contributed by atoms with van der Waals surface area (Å²) in [6, 6.07) is 10.0. The van der Waals surface area contributed by atoms with Crippen molar-refractivity contribution in [3.63, 3.8) is 0 Å². The van der Waals surface area contributed by atoms with Crippen molar-refractivity contribution in [2.24, 2.45) is 0 Å². The lowest BCUT2D eigenvalue weighted by Gasteiger charge is -2.34. The molecule has 0 aliphatic carbocycles. The molecule has 1 N–H and O–H groups in total. The standard InChI is InChI=1S/C19H27N5O/c1-2-24-9-8-20-18(24)15-22-10-12-23(13-11-22)16-19(25)21-14-17-6-4-3-5-7-17/h3-9H,2,10-16H2,1H3,(H,21,25). The number of nitrogens with zero attached hydrogens (tertiary/aromatic N) is 4. The number of aryl methyl sites for hydroxylation is 1. The second-order valence-corrected chi connectivity index (χ2v) is 6.44. The number of hydrogen-bond donors (Lipinski definition) is 1. The Kier molecular flexibility index (Phi) is 6.19. The normalized spacial score (nSPS) is 16.0. The summed E-state index contributed by atoms with van der Waals surface area (Å²) in [5.41, 5.74) is 1.13. The van der Waals surface area contributed by atoms with Gasteiger partial charge in [-0.3, -0.25) is 14.6 Å². The van der Waals surface area contributed by atoms with Gasteiger partial charge in [0.1, 0.15) is 5.82 Å². The first-order valence-electron chi connectivity index (χ1n) is 9.00. The van der Waals surface area contributed by atoms with Crippen LogP contribution in [0.2, 0.25) is 0 Å². The molecule has 1 saturated heterocycles. The Morgan fingerprint density at radius 3 is 2.56 bits per heavy atom. The van der Waals surface area contributed by atoms with Gasteiger partial charge in [-0.05, 0) is 12.5 Å². The van der Waals surface area contributed by atoms with Crippen molar-refractivity contribution in [2.75, 3.05) is 32.7 Å². The van der Waals surface area contributed by atoms with Crippen molar-refractivity contribution < 1.29 is 4.79 Å². The minimum absolute atomic E-state index is 0.0961. The number of hydrogen-bond acceptors (Lipinski definition) is 4. The number of imidazole rings is 1. The Bertz CT molecular complexity index is 661. The highest BCUT2D eigenvalue weighted by molar-refractivity contribution is 5.78. The van der Waals surface area contributed by atoms with Crippen molar-refractivity contribution in [1.29, 1.82) is 0 Å². The topological polar surface area (TPSA) is 53.4 Å². The number of carbonyl (C=O) groups is 1. The molecule has 0 bridgehead atoms. The molecule has 1 amide bonds. The lowest BCUT2D eigenvalue weighted by molar-refractivity contribution is -0.122. The molecule has 134 valence electrons. The van der Waals surface area contributed by atoms with E-state index in [0.717, 1.165) is 50.7 Å². The van der Waals surface area contributed by atoms with Gasteiger partial charge in [-0.25, -0.2) is 4.98 Å². The number of nitrogens with one attached hydrogen (secondary N) is 1. The number of rotatable bonds is 7. The van der Waals surface area contributed by atoms with Gasteiger partial charge in [0, 0.05) is 51.7 Å².